The fraction of sp³-hybridized carbons (Fsp3) is 0.0526. The van der Waals surface area contributed by atoms with Gasteiger partial charge < -0.3 is 16.8 Å². The number of nitrogens with one attached hydrogen (secondary N) is 1. The average molecular weight is 343 g/mol. The van der Waals surface area contributed by atoms with E-state index in [9.17, 15) is 0 Å². The van der Waals surface area contributed by atoms with Crippen LogP contribution in [-0.2, 0) is 0 Å². The van der Waals surface area contributed by atoms with Crippen LogP contribution < -0.4 is 16.8 Å². The zero-order chi connectivity index (χ0) is 18.1. The molecule has 0 atom stereocenters. The summed E-state index contributed by atoms with van der Waals surface area (Å²) >= 11 is 0. The number of hydrogen-bond donors (Lipinski definition) is 3. The summed E-state index contributed by atoms with van der Waals surface area (Å²) in [6.07, 6.45) is 3.23. The number of fused-ring (bicyclic) bond motifs is 1. The largest absolute Gasteiger partial charge is 0.398 e. The number of benzene rings is 1. The zero-order valence-electron chi connectivity index (χ0n) is 14.1. The molecule has 0 saturated carbocycles. The van der Waals surface area contributed by atoms with Crippen molar-refractivity contribution in [3.05, 3.63) is 55.0 Å². The Labute approximate surface area is 150 Å². The molecule has 0 bridgehead atoms. The lowest BCUT2D eigenvalue weighted by Gasteiger charge is -2.11. The third-order valence-corrected chi connectivity index (χ3v) is 4.19. The molecule has 26 heavy (non-hydrogen) atoms. The Morgan fingerprint density at radius 1 is 0.885 bits per heavy atom. The third kappa shape index (κ3) is 2.65. The first kappa shape index (κ1) is 15.8. The number of pyridine rings is 2. The molecule has 3 aromatic heterocycles. The highest BCUT2D eigenvalue weighted by Crippen LogP contribution is 2.33. The smallest absolute Gasteiger partial charge is 0.132 e. The van der Waals surface area contributed by atoms with Crippen LogP contribution in [-0.4, -0.2) is 27.0 Å². The van der Waals surface area contributed by atoms with Crippen molar-refractivity contribution in [2.75, 3.05) is 23.8 Å². The van der Waals surface area contributed by atoms with Crippen molar-refractivity contribution in [1.29, 1.82) is 0 Å². The molecule has 4 rings (SSSR count). The topological polar surface area (TPSA) is 116 Å². The summed E-state index contributed by atoms with van der Waals surface area (Å²) in [4.78, 5) is 17.6. The molecule has 0 aliphatic rings. The van der Waals surface area contributed by atoms with Crippen molar-refractivity contribution in [2.45, 2.75) is 0 Å². The Morgan fingerprint density at radius 2 is 1.77 bits per heavy atom. The van der Waals surface area contributed by atoms with Gasteiger partial charge in [-0.25, -0.2) is 15.0 Å². The molecule has 0 aliphatic carbocycles. The van der Waals surface area contributed by atoms with Gasteiger partial charge in [0.2, 0.25) is 0 Å². The van der Waals surface area contributed by atoms with Gasteiger partial charge in [0.05, 0.1) is 17.1 Å². The first-order chi connectivity index (χ1) is 12.7. The van der Waals surface area contributed by atoms with Gasteiger partial charge in [-0.1, -0.05) is 12.1 Å². The van der Waals surface area contributed by atoms with Gasteiger partial charge in [0.15, 0.2) is 0 Å². The summed E-state index contributed by atoms with van der Waals surface area (Å²) in [5, 5.41) is 4.69. The third-order valence-electron chi connectivity index (χ3n) is 4.19. The molecule has 3 heterocycles. The van der Waals surface area contributed by atoms with E-state index in [0.29, 0.717) is 22.9 Å². The number of aromatic nitrogens is 4. The minimum absolute atomic E-state index is 0.417. The molecule has 128 valence electrons. The molecule has 0 radical (unpaired) electrons. The number of anilines is 3. The van der Waals surface area contributed by atoms with Crippen LogP contribution in [0.3, 0.4) is 0 Å². The van der Waals surface area contributed by atoms with Gasteiger partial charge in [-0.3, -0.25) is 4.98 Å². The molecule has 7 heteroatoms. The maximum atomic E-state index is 6.17. The van der Waals surface area contributed by atoms with Gasteiger partial charge in [-0.15, -0.1) is 0 Å². The molecule has 0 unspecified atom stereocenters. The predicted octanol–water partition coefficient (Wildman–Crippen LogP) is 2.96. The van der Waals surface area contributed by atoms with E-state index >= 15 is 0 Å². The Morgan fingerprint density at radius 3 is 2.62 bits per heavy atom. The van der Waals surface area contributed by atoms with E-state index in [2.05, 4.69) is 25.3 Å². The number of rotatable bonds is 3. The van der Waals surface area contributed by atoms with Crippen molar-refractivity contribution in [2.24, 2.45) is 0 Å². The molecule has 0 aliphatic heterocycles. The zero-order valence-corrected chi connectivity index (χ0v) is 14.1. The SMILES string of the molecule is CNc1cc(-c2cccnc2-c2cc3c(N)cccc3c(N)n2)ncn1. The highest BCUT2D eigenvalue weighted by molar-refractivity contribution is 6.01. The Hall–Kier alpha value is -3.74. The predicted molar refractivity (Wildman–Crippen MR) is 104 cm³/mol. The summed E-state index contributed by atoms with van der Waals surface area (Å²) in [5.41, 5.74) is 15.9. The van der Waals surface area contributed by atoms with Gasteiger partial charge >= 0.3 is 0 Å². The van der Waals surface area contributed by atoms with Crippen LogP contribution in [0.25, 0.3) is 33.4 Å². The van der Waals surface area contributed by atoms with Crippen molar-refractivity contribution in [1.82, 2.24) is 19.9 Å². The van der Waals surface area contributed by atoms with Gasteiger partial charge in [0, 0.05) is 41.3 Å². The van der Waals surface area contributed by atoms with Crippen LogP contribution in [0.2, 0.25) is 0 Å². The lowest BCUT2D eigenvalue weighted by molar-refractivity contribution is 1.16. The summed E-state index contributed by atoms with van der Waals surface area (Å²) in [5.74, 6) is 1.14. The summed E-state index contributed by atoms with van der Waals surface area (Å²) in [7, 11) is 1.81. The van der Waals surface area contributed by atoms with Crippen molar-refractivity contribution in [3.8, 4) is 22.6 Å². The number of nitrogen functional groups attached to an aromatic ring is 2. The molecule has 5 N–H and O–H groups in total. The van der Waals surface area contributed by atoms with Crippen LogP contribution >= 0.6 is 0 Å². The summed E-state index contributed by atoms with van der Waals surface area (Å²) < 4.78 is 0. The first-order valence-electron chi connectivity index (χ1n) is 8.07. The van der Waals surface area contributed by atoms with Crippen LogP contribution in [0.1, 0.15) is 0 Å². The minimum atomic E-state index is 0.417. The fourth-order valence-corrected chi connectivity index (χ4v) is 2.91. The first-order valence-corrected chi connectivity index (χ1v) is 8.07. The van der Waals surface area contributed by atoms with Crippen LogP contribution in [0.5, 0.6) is 0 Å². The molecule has 0 amide bonds. The van der Waals surface area contributed by atoms with Gasteiger partial charge in [0.1, 0.15) is 18.0 Å². The second-order valence-corrected chi connectivity index (χ2v) is 5.77. The molecule has 0 spiro atoms. The molecular weight excluding hydrogens is 326 g/mol. The van der Waals surface area contributed by atoms with Crippen molar-refractivity contribution >= 4 is 28.1 Å². The molecule has 1 aromatic carbocycles. The lowest BCUT2D eigenvalue weighted by atomic mass is 10.0. The van der Waals surface area contributed by atoms with E-state index in [-0.39, 0.29) is 0 Å². The van der Waals surface area contributed by atoms with E-state index in [4.69, 9.17) is 11.5 Å². The Balaban J connectivity index is 1.95. The highest BCUT2D eigenvalue weighted by Gasteiger charge is 2.14. The minimum Gasteiger partial charge on any atom is -0.398 e. The maximum Gasteiger partial charge on any atom is 0.132 e. The van der Waals surface area contributed by atoms with Crippen molar-refractivity contribution < 1.29 is 0 Å². The monoisotopic (exact) mass is 343 g/mol. The molecule has 7 nitrogen and oxygen atoms in total. The highest BCUT2D eigenvalue weighted by atomic mass is 15.0. The van der Waals surface area contributed by atoms with Crippen LogP contribution in [0.4, 0.5) is 17.3 Å². The van der Waals surface area contributed by atoms with Crippen molar-refractivity contribution in [3.63, 3.8) is 0 Å². The van der Waals surface area contributed by atoms with Crippen LogP contribution in [0.15, 0.2) is 55.0 Å². The second-order valence-electron chi connectivity index (χ2n) is 5.77. The Kier molecular flexibility index (Phi) is 3.81. The van der Waals surface area contributed by atoms with E-state index in [1.165, 1.54) is 6.33 Å². The lowest BCUT2D eigenvalue weighted by Crippen LogP contribution is -2.00. The second kappa shape index (κ2) is 6.29. The Bertz CT molecular complexity index is 1110. The molecule has 0 fully saturated rings. The standard InChI is InChI=1S/C19H17N7/c1-22-17-9-15(24-10-25-17)12-5-3-7-23-18(12)16-8-13-11(19(21)26-16)4-2-6-14(13)20/h2-10H,20H2,1H3,(H2,21,26)(H,22,24,25). The van der Waals surface area contributed by atoms with Gasteiger partial charge in [0.25, 0.3) is 0 Å². The molecule has 0 saturated heterocycles. The molecular formula is C19H17N7. The maximum absolute atomic E-state index is 6.17. The van der Waals surface area contributed by atoms with E-state index in [1.807, 2.05) is 49.5 Å². The number of nitrogens with zero attached hydrogens (tertiary/aromatic N) is 4. The average Bonchev–Trinajstić information content (AvgIpc) is 2.69. The number of hydrogen-bond acceptors (Lipinski definition) is 7. The molecule has 4 aromatic rings. The van der Waals surface area contributed by atoms with E-state index in [0.717, 1.165) is 27.8 Å². The van der Waals surface area contributed by atoms with Gasteiger partial charge in [-0.05, 0) is 24.3 Å². The van der Waals surface area contributed by atoms with Gasteiger partial charge in [-0.2, -0.15) is 0 Å². The fourth-order valence-electron chi connectivity index (χ4n) is 2.91. The normalized spacial score (nSPS) is 10.8. The van der Waals surface area contributed by atoms with E-state index in [1.54, 1.807) is 6.20 Å². The number of nitrogens with two attached hydrogens (primary N) is 2. The summed E-state index contributed by atoms with van der Waals surface area (Å²) in [6.45, 7) is 0. The van der Waals surface area contributed by atoms with E-state index < -0.39 is 0 Å². The summed E-state index contributed by atoms with van der Waals surface area (Å²) in [6, 6.07) is 13.2. The van der Waals surface area contributed by atoms with Crippen LogP contribution in [0, 0.1) is 0 Å². The quantitative estimate of drug-likeness (QED) is 0.490.